The van der Waals surface area contributed by atoms with Gasteiger partial charge in [-0.05, 0) is 136 Å². The molecule has 4 aliphatic heterocycles. The van der Waals surface area contributed by atoms with Crippen LogP contribution in [0.2, 0.25) is 0 Å². The van der Waals surface area contributed by atoms with Crippen LogP contribution >= 0.6 is 0 Å². The minimum absolute atomic E-state index is 0.0101. The Hall–Kier alpha value is -1.76. The van der Waals surface area contributed by atoms with Gasteiger partial charge in [0.1, 0.15) is 0 Å². The lowest BCUT2D eigenvalue weighted by molar-refractivity contribution is -0.0847. The van der Waals surface area contributed by atoms with Gasteiger partial charge in [-0.3, -0.25) is 19.6 Å². The Morgan fingerprint density at radius 2 is 1.31 bits per heavy atom. The molecule has 0 spiro atoms. The minimum Gasteiger partial charge on any atom is -0.379 e. The van der Waals surface area contributed by atoms with Crippen molar-refractivity contribution in [2.75, 3.05) is 45.9 Å². The normalized spacial score (nSPS) is 24.9. The summed E-state index contributed by atoms with van der Waals surface area (Å²) in [6, 6.07) is 19.7. The second-order valence-corrected chi connectivity index (χ2v) is 16.8. The Balaban J connectivity index is 1.27. The van der Waals surface area contributed by atoms with Gasteiger partial charge in [-0.2, -0.15) is 0 Å². The fraction of sp³-hybridized carbons (Fsp3) is 0.700. The lowest BCUT2D eigenvalue weighted by atomic mass is 9.78. The molecule has 0 saturated carbocycles. The molecule has 45 heavy (non-hydrogen) atoms. The molecule has 2 atom stereocenters. The first-order valence-electron chi connectivity index (χ1n) is 18.1. The van der Waals surface area contributed by atoms with E-state index in [0.29, 0.717) is 6.04 Å². The van der Waals surface area contributed by atoms with Gasteiger partial charge in [-0.15, -0.1) is 0 Å². The molecule has 3 fully saturated rings. The van der Waals surface area contributed by atoms with Crippen LogP contribution in [0.15, 0.2) is 48.5 Å². The molecule has 5 heteroatoms. The molecule has 0 aliphatic carbocycles. The number of ether oxygens (including phenoxy) is 1. The van der Waals surface area contributed by atoms with Crippen molar-refractivity contribution in [2.24, 2.45) is 0 Å². The van der Waals surface area contributed by atoms with Crippen molar-refractivity contribution < 1.29 is 4.74 Å². The van der Waals surface area contributed by atoms with Gasteiger partial charge in [0.25, 0.3) is 0 Å². The number of nitrogens with zero attached hydrogens (tertiary/aromatic N) is 4. The first kappa shape index (κ1) is 33.2. The predicted molar refractivity (Wildman–Crippen MR) is 188 cm³/mol. The molecule has 4 aliphatic rings. The second-order valence-electron chi connectivity index (χ2n) is 16.8. The molecule has 2 unspecified atom stereocenters. The highest BCUT2D eigenvalue weighted by Crippen LogP contribution is 2.48. The highest BCUT2D eigenvalue weighted by atomic mass is 16.5. The number of likely N-dealkylation sites (tertiary alicyclic amines) is 2. The maximum absolute atomic E-state index is 5.76. The van der Waals surface area contributed by atoms with Crippen LogP contribution in [0.5, 0.6) is 0 Å². The number of rotatable bonds is 10. The van der Waals surface area contributed by atoms with Crippen LogP contribution in [-0.2, 0) is 11.3 Å². The van der Waals surface area contributed by atoms with Crippen molar-refractivity contribution in [2.45, 2.75) is 135 Å². The van der Waals surface area contributed by atoms with E-state index >= 15 is 0 Å². The van der Waals surface area contributed by atoms with Gasteiger partial charge in [0, 0.05) is 47.8 Å². The molecule has 2 aromatic carbocycles. The summed E-state index contributed by atoms with van der Waals surface area (Å²) in [6.07, 6.45) is 7.76. The molecule has 3 saturated heterocycles. The molecule has 0 radical (unpaired) electrons. The molecule has 248 valence electrons. The summed E-state index contributed by atoms with van der Waals surface area (Å²) < 4.78 is 5.76. The summed E-state index contributed by atoms with van der Waals surface area (Å²) in [6.45, 7) is 28.3. The zero-order valence-electron chi connectivity index (χ0n) is 29.9. The third kappa shape index (κ3) is 6.29. The quantitative estimate of drug-likeness (QED) is 0.269. The standard InChI is InChI=1S/C40H62N4O/c1-37(2,41-22-11-12-23-41)20-21-38(3,4)43-24-14-19-35(43)31-16-13-17-32(29-31)36-34-18-10-9-15-33(34)30-44(36)40(7,8)39(5,6)42-25-27-45-28-26-42/h9-10,13,15-18,29,35-36H,11-12,14,19-28,30H2,1-8H3. The van der Waals surface area contributed by atoms with Crippen LogP contribution in [0.3, 0.4) is 0 Å². The number of hydrogen-bond acceptors (Lipinski definition) is 5. The maximum Gasteiger partial charge on any atom is 0.0613 e. The van der Waals surface area contributed by atoms with Gasteiger partial charge >= 0.3 is 0 Å². The summed E-state index contributed by atoms with van der Waals surface area (Å²) in [4.78, 5) is 11.1. The second kappa shape index (κ2) is 12.7. The summed E-state index contributed by atoms with van der Waals surface area (Å²) in [5.41, 5.74) is 6.29. The highest BCUT2D eigenvalue weighted by Gasteiger charge is 2.50. The summed E-state index contributed by atoms with van der Waals surface area (Å²) in [7, 11) is 0. The molecular weight excluding hydrogens is 552 g/mol. The van der Waals surface area contributed by atoms with Crippen LogP contribution in [0.4, 0.5) is 0 Å². The van der Waals surface area contributed by atoms with Crippen molar-refractivity contribution in [3.05, 3.63) is 70.8 Å². The van der Waals surface area contributed by atoms with Gasteiger partial charge in [-0.25, -0.2) is 0 Å². The zero-order chi connectivity index (χ0) is 32.0. The molecule has 0 aromatic heterocycles. The van der Waals surface area contributed by atoms with E-state index in [0.717, 1.165) is 32.8 Å². The molecule has 6 rings (SSSR count). The van der Waals surface area contributed by atoms with Crippen LogP contribution < -0.4 is 0 Å². The molecule has 0 N–H and O–H groups in total. The molecular formula is C40H62N4O. The van der Waals surface area contributed by atoms with Crippen LogP contribution in [0.1, 0.15) is 128 Å². The van der Waals surface area contributed by atoms with Gasteiger partial charge in [-0.1, -0.05) is 48.5 Å². The van der Waals surface area contributed by atoms with E-state index in [-0.39, 0.29) is 28.2 Å². The maximum atomic E-state index is 5.76. The highest BCUT2D eigenvalue weighted by molar-refractivity contribution is 5.44. The number of hydrogen-bond donors (Lipinski definition) is 0. The molecule has 4 heterocycles. The first-order chi connectivity index (χ1) is 21.3. The minimum atomic E-state index is -0.0619. The lowest BCUT2D eigenvalue weighted by Gasteiger charge is -2.55. The monoisotopic (exact) mass is 614 g/mol. The van der Waals surface area contributed by atoms with Crippen LogP contribution in [0.25, 0.3) is 0 Å². The van der Waals surface area contributed by atoms with Crippen molar-refractivity contribution in [1.82, 2.24) is 19.6 Å². The first-order valence-corrected chi connectivity index (χ1v) is 18.1. The third-order valence-corrected chi connectivity index (χ3v) is 13.0. The van der Waals surface area contributed by atoms with E-state index in [2.05, 4.69) is 124 Å². The van der Waals surface area contributed by atoms with E-state index in [9.17, 15) is 0 Å². The van der Waals surface area contributed by atoms with Gasteiger partial charge in [0.05, 0.1) is 19.3 Å². The van der Waals surface area contributed by atoms with Crippen LogP contribution in [0, 0.1) is 0 Å². The van der Waals surface area contributed by atoms with Gasteiger partial charge in [0.15, 0.2) is 0 Å². The average Bonchev–Trinajstić information content (AvgIpc) is 3.81. The molecule has 5 nitrogen and oxygen atoms in total. The zero-order valence-corrected chi connectivity index (χ0v) is 29.9. The van der Waals surface area contributed by atoms with E-state index in [4.69, 9.17) is 4.74 Å². The fourth-order valence-corrected chi connectivity index (χ4v) is 9.14. The van der Waals surface area contributed by atoms with Gasteiger partial charge in [0.2, 0.25) is 0 Å². The molecule has 2 aromatic rings. The van der Waals surface area contributed by atoms with E-state index < -0.39 is 0 Å². The summed E-state index contributed by atoms with van der Waals surface area (Å²) in [5, 5.41) is 0. The molecule has 0 bridgehead atoms. The largest absolute Gasteiger partial charge is 0.379 e. The van der Waals surface area contributed by atoms with Crippen molar-refractivity contribution in [1.29, 1.82) is 0 Å². The van der Waals surface area contributed by atoms with E-state index in [1.54, 1.807) is 0 Å². The molecule has 0 amide bonds. The lowest BCUT2D eigenvalue weighted by Crippen LogP contribution is -2.66. The van der Waals surface area contributed by atoms with E-state index in [1.807, 2.05) is 0 Å². The Kier molecular flexibility index (Phi) is 9.35. The Labute approximate surface area is 275 Å². The number of morpholine rings is 1. The Bertz CT molecular complexity index is 1300. The topological polar surface area (TPSA) is 22.2 Å². The Morgan fingerprint density at radius 1 is 0.644 bits per heavy atom. The van der Waals surface area contributed by atoms with Crippen molar-refractivity contribution >= 4 is 0 Å². The fourth-order valence-electron chi connectivity index (χ4n) is 9.14. The number of benzene rings is 2. The van der Waals surface area contributed by atoms with Gasteiger partial charge < -0.3 is 4.74 Å². The van der Waals surface area contributed by atoms with Crippen molar-refractivity contribution in [3.8, 4) is 0 Å². The predicted octanol–water partition coefficient (Wildman–Crippen LogP) is 8.05. The average molecular weight is 615 g/mol. The van der Waals surface area contributed by atoms with E-state index in [1.165, 1.54) is 80.4 Å². The summed E-state index contributed by atoms with van der Waals surface area (Å²) >= 11 is 0. The third-order valence-electron chi connectivity index (χ3n) is 13.0. The van der Waals surface area contributed by atoms with Crippen molar-refractivity contribution in [3.63, 3.8) is 0 Å². The Morgan fingerprint density at radius 3 is 2.04 bits per heavy atom. The number of fused-ring (bicyclic) bond motifs is 1. The SMILES string of the molecule is CC(C)(CCC(C)(C)N1CCCC1c1cccc(C2c3ccccc3CN2C(C)(C)C(C)(C)N2CCOCC2)c1)N1CCCC1. The smallest absolute Gasteiger partial charge is 0.0613 e. The summed E-state index contributed by atoms with van der Waals surface area (Å²) in [5.74, 6) is 0. The van der Waals surface area contributed by atoms with Crippen LogP contribution in [-0.4, -0.2) is 87.7 Å².